The number of hydrogen-bond acceptors (Lipinski definition) is 6. The van der Waals surface area contributed by atoms with E-state index in [1.54, 1.807) is 0 Å². The van der Waals surface area contributed by atoms with Crippen molar-refractivity contribution in [3.63, 3.8) is 0 Å². The summed E-state index contributed by atoms with van der Waals surface area (Å²) in [4.78, 5) is 30.6. The van der Waals surface area contributed by atoms with E-state index in [9.17, 15) is 4.79 Å². The van der Waals surface area contributed by atoms with Crippen molar-refractivity contribution in [1.29, 1.82) is 0 Å². The van der Waals surface area contributed by atoms with Crippen LogP contribution in [0.4, 0.5) is 5.82 Å². The van der Waals surface area contributed by atoms with Crippen LogP contribution >= 0.6 is 0 Å². The molecule has 1 aliphatic heterocycles. The molecule has 7 heteroatoms. The van der Waals surface area contributed by atoms with E-state index in [1.807, 2.05) is 36.4 Å². The molecule has 1 fully saturated rings. The van der Waals surface area contributed by atoms with Crippen LogP contribution in [0.1, 0.15) is 54.4 Å². The number of nitrogens with one attached hydrogen (secondary N) is 1. The number of anilines is 1. The van der Waals surface area contributed by atoms with E-state index in [2.05, 4.69) is 33.8 Å². The fourth-order valence-electron chi connectivity index (χ4n) is 5.24. The summed E-state index contributed by atoms with van der Waals surface area (Å²) in [5.74, 6) is 1.40. The third-order valence-electron chi connectivity index (χ3n) is 7.14. The lowest BCUT2D eigenvalue weighted by atomic mass is 10.1. The first kappa shape index (κ1) is 24.3. The summed E-state index contributed by atoms with van der Waals surface area (Å²) >= 11 is 0. The van der Waals surface area contributed by atoms with E-state index in [0.717, 1.165) is 59.6 Å². The lowest BCUT2D eigenvalue weighted by Gasteiger charge is -2.28. The first-order chi connectivity index (χ1) is 17.7. The molecule has 0 aliphatic carbocycles. The summed E-state index contributed by atoms with van der Waals surface area (Å²) in [5, 5.41) is 2.03. The van der Waals surface area contributed by atoms with E-state index in [-0.39, 0.29) is 5.97 Å². The molecular weight excluding hydrogens is 450 g/mol. The van der Waals surface area contributed by atoms with Crippen molar-refractivity contribution in [2.24, 2.45) is 0 Å². The van der Waals surface area contributed by atoms with Gasteiger partial charge in [-0.3, -0.25) is 0 Å². The largest absolute Gasteiger partial charge is 0.465 e. The maximum atomic E-state index is 12.1. The smallest absolute Gasteiger partial charge is 0.337 e. The summed E-state index contributed by atoms with van der Waals surface area (Å²) in [6.45, 7) is 7.56. The third-order valence-corrected chi connectivity index (χ3v) is 7.14. The number of fused-ring (bicyclic) bond motifs is 3. The second kappa shape index (κ2) is 11.1. The molecule has 0 unspecified atom stereocenters. The zero-order valence-electron chi connectivity index (χ0n) is 21.3. The monoisotopic (exact) mass is 485 g/mol. The van der Waals surface area contributed by atoms with Crippen molar-refractivity contribution in [2.75, 3.05) is 44.7 Å². The summed E-state index contributed by atoms with van der Waals surface area (Å²) in [7, 11) is 1.40. The van der Waals surface area contributed by atoms with Crippen molar-refractivity contribution in [3.05, 3.63) is 65.5 Å². The molecule has 1 saturated heterocycles. The molecule has 2 aromatic carbocycles. The number of aromatic nitrogens is 3. The van der Waals surface area contributed by atoms with Gasteiger partial charge in [0.1, 0.15) is 17.3 Å². The van der Waals surface area contributed by atoms with Crippen molar-refractivity contribution in [1.82, 2.24) is 19.9 Å². The topological polar surface area (TPSA) is 74.4 Å². The van der Waals surface area contributed by atoms with Gasteiger partial charge in [0.05, 0.1) is 18.1 Å². The Morgan fingerprint density at radius 1 is 1.08 bits per heavy atom. The van der Waals surface area contributed by atoms with Crippen LogP contribution in [0.3, 0.4) is 0 Å². The summed E-state index contributed by atoms with van der Waals surface area (Å²) in [5.41, 5.74) is 3.37. The molecule has 3 heterocycles. The highest BCUT2D eigenvalue weighted by Gasteiger charge is 2.20. The van der Waals surface area contributed by atoms with Gasteiger partial charge in [-0.2, -0.15) is 0 Å². The molecule has 36 heavy (non-hydrogen) atoms. The molecule has 0 amide bonds. The van der Waals surface area contributed by atoms with Gasteiger partial charge < -0.3 is 19.5 Å². The molecule has 4 aromatic rings. The van der Waals surface area contributed by atoms with Gasteiger partial charge in [-0.1, -0.05) is 42.8 Å². The zero-order valence-corrected chi connectivity index (χ0v) is 21.3. The Morgan fingerprint density at radius 3 is 2.64 bits per heavy atom. The molecule has 1 aliphatic rings. The minimum atomic E-state index is -0.348. The maximum Gasteiger partial charge on any atom is 0.337 e. The van der Waals surface area contributed by atoms with Crippen LogP contribution in [0.25, 0.3) is 21.9 Å². The zero-order chi connectivity index (χ0) is 24.9. The lowest BCUT2D eigenvalue weighted by molar-refractivity contribution is 0.0601. The number of esters is 1. The molecule has 1 N–H and O–H groups in total. The van der Waals surface area contributed by atoms with E-state index in [0.29, 0.717) is 12.0 Å². The standard InChI is InChI=1S/C29H35N5O2/c1-3-34(18-10-17-33-15-8-5-9-16-33)28-26-23-14-13-22(29(35)36-2)20-24(23)30-27(26)31-25(32-28)19-21-11-6-4-7-12-21/h4,6-7,11-14,20H,3,5,8-10,15-19H2,1-2H3,(H,30,31,32). The van der Waals surface area contributed by atoms with Crippen molar-refractivity contribution >= 4 is 33.7 Å². The van der Waals surface area contributed by atoms with Crippen LogP contribution in [-0.4, -0.2) is 65.7 Å². The molecule has 188 valence electrons. The molecule has 0 saturated carbocycles. The SMILES string of the molecule is CCN(CCCN1CCCCC1)c1nc(Cc2ccccc2)nc2[nH]c3cc(C(=O)OC)ccc3c12. The molecule has 0 bridgehead atoms. The van der Waals surface area contributed by atoms with Crippen molar-refractivity contribution in [3.8, 4) is 0 Å². The number of nitrogens with zero attached hydrogens (tertiary/aromatic N) is 4. The van der Waals surface area contributed by atoms with Gasteiger partial charge in [-0.15, -0.1) is 0 Å². The predicted molar refractivity (Wildman–Crippen MR) is 145 cm³/mol. The van der Waals surface area contributed by atoms with E-state index in [4.69, 9.17) is 14.7 Å². The van der Waals surface area contributed by atoms with Crippen LogP contribution in [-0.2, 0) is 11.2 Å². The van der Waals surface area contributed by atoms with E-state index < -0.39 is 0 Å². The number of carbonyl (C=O) groups is 1. The third kappa shape index (κ3) is 5.21. The highest BCUT2D eigenvalue weighted by Crippen LogP contribution is 2.33. The van der Waals surface area contributed by atoms with Crippen molar-refractivity contribution in [2.45, 2.75) is 39.0 Å². The van der Waals surface area contributed by atoms with Gasteiger partial charge in [0, 0.05) is 30.4 Å². The second-order valence-electron chi connectivity index (χ2n) is 9.56. The number of aromatic amines is 1. The predicted octanol–water partition coefficient (Wildman–Crippen LogP) is 5.19. The fourth-order valence-corrected chi connectivity index (χ4v) is 5.24. The Bertz CT molecular complexity index is 1330. The lowest BCUT2D eigenvalue weighted by Crippen LogP contribution is -2.33. The Morgan fingerprint density at radius 2 is 1.89 bits per heavy atom. The number of carbonyl (C=O) groups excluding carboxylic acids is 1. The first-order valence-corrected chi connectivity index (χ1v) is 13.1. The first-order valence-electron chi connectivity index (χ1n) is 13.1. The van der Waals surface area contributed by atoms with Crippen LogP contribution in [0.15, 0.2) is 48.5 Å². The summed E-state index contributed by atoms with van der Waals surface area (Å²) < 4.78 is 4.93. The summed E-state index contributed by atoms with van der Waals surface area (Å²) in [6.07, 6.45) is 5.75. The number of ether oxygens (including phenoxy) is 1. The molecule has 2 aromatic heterocycles. The van der Waals surface area contributed by atoms with Gasteiger partial charge in [-0.25, -0.2) is 14.8 Å². The van der Waals surface area contributed by atoms with Crippen LogP contribution in [0, 0.1) is 0 Å². The number of hydrogen-bond donors (Lipinski definition) is 1. The maximum absolute atomic E-state index is 12.1. The average molecular weight is 486 g/mol. The normalized spacial score (nSPS) is 14.4. The number of piperidine rings is 1. The molecule has 5 rings (SSSR count). The highest BCUT2D eigenvalue weighted by atomic mass is 16.5. The Hall–Kier alpha value is -3.45. The Balaban J connectivity index is 1.52. The van der Waals surface area contributed by atoms with Gasteiger partial charge in [0.15, 0.2) is 0 Å². The summed E-state index contributed by atoms with van der Waals surface area (Å²) in [6, 6.07) is 16.0. The van der Waals surface area contributed by atoms with E-state index in [1.165, 1.54) is 45.0 Å². The number of rotatable bonds is 9. The number of methoxy groups -OCH3 is 1. The van der Waals surface area contributed by atoms with Gasteiger partial charge in [0.2, 0.25) is 0 Å². The fraction of sp³-hybridized carbons (Fsp3) is 0.414. The molecule has 0 spiro atoms. The van der Waals surface area contributed by atoms with Crippen LogP contribution in [0.2, 0.25) is 0 Å². The van der Waals surface area contributed by atoms with Crippen LogP contribution < -0.4 is 4.90 Å². The number of likely N-dealkylation sites (tertiary alicyclic amines) is 1. The quantitative estimate of drug-likeness (QED) is 0.329. The van der Waals surface area contributed by atoms with Crippen molar-refractivity contribution < 1.29 is 9.53 Å². The molecule has 0 atom stereocenters. The molecule has 0 radical (unpaired) electrons. The number of benzene rings is 2. The van der Waals surface area contributed by atoms with Gasteiger partial charge in [-0.05, 0) is 63.5 Å². The highest BCUT2D eigenvalue weighted by molar-refractivity contribution is 6.12. The van der Waals surface area contributed by atoms with Gasteiger partial charge >= 0.3 is 5.97 Å². The average Bonchev–Trinajstić information content (AvgIpc) is 3.29. The van der Waals surface area contributed by atoms with Crippen LogP contribution in [0.5, 0.6) is 0 Å². The Kier molecular flexibility index (Phi) is 7.47. The Labute approximate surface area is 212 Å². The number of H-pyrrole nitrogens is 1. The van der Waals surface area contributed by atoms with Gasteiger partial charge in [0.25, 0.3) is 0 Å². The molecular formula is C29H35N5O2. The minimum Gasteiger partial charge on any atom is -0.465 e. The minimum absolute atomic E-state index is 0.348. The molecule has 7 nitrogen and oxygen atoms in total. The second-order valence-corrected chi connectivity index (χ2v) is 9.56. The van der Waals surface area contributed by atoms with E-state index >= 15 is 0 Å².